The molecule has 0 aliphatic heterocycles. The Labute approximate surface area is 141 Å². The van der Waals surface area contributed by atoms with Crippen LogP contribution >= 0.6 is 15.9 Å². The Morgan fingerprint density at radius 3 is 2.59 bits per heavy atom. The fourth-order valence-electron chi connectivity index (χ4n) is 2.23. The van der Waals surface area contributed by atoms with Crippen molar-refractivity contribution in [3.05, 3.63) is 28.2 Å². The molecule has 0 aliphatic rings. The van der Waals surface area contributed by atoms with E-state index in [2.05, 4.69) is 29.8 Å². The molecule has 1 aromatic rings. The molecule has 0 radical (unpaired) electrons. The van der Waals surface area contributed by atoms with E-state index in [1.165, 1.54) is 0 Å². The molecule has 0 atom stereocenters. The third kappa shape index (κ3) is 6.36. The van der Waals surface area contributed by atoms with Crippen molar-refractivity contribution in [2.45, 2.75) is 26.7 Å². The molecule has 0 spiro atoms. The van der Waals surface area contributed by atoms with Crippen molar-refractivity contribution in [1.82, 2.24) is 4.90 Å². The molecule has 22 heavy (non-hydrogen) atoms. The molecule has 124 valence electrons. The van der Waals surface area contributed by atoms with Gasteiger partial charge in [-0.2, -0.15) is 0 Å². The summed E-state index contributed by atoms with van der Waals surface area (Å²) in [5.74, 6) is 1.44. The maximum absolute atomic E-state index is 12.4. The van der Waals surface area contributed by atoms with E-state index in [1.807, 2.05) is 23.1 Å². The Morgan fingerprint density at radius 1 is 1.32 bits per heavy atom. The van der Waals surface area contributed by atoms with Gasteiger partial charge in [0.05, 0.1) is 18.2 Å². The Hall–Kier alpha value is -1.07. The first-order valence-electron chi connectivity index (χ1n) is 7.57. The molecule has 1 amide bonds. The molecule has 4 nitrogen and oxygen atoms in total. The maximum Gasteiger partial charge on any atom is 0.222 e. The van der Waals surface area contributed by atoms with Crippen molar-refractivity contribution >= 4 is 21.8 Å². The highest BCUT2D eigenvalue weighted by molar-refractivity contribution is 9.10. The highest BCUT2D eigenvalue weighted by Crippen LogP contribution is 2.26. The largest absolute Gasteiger partial charge is 0.496 e. The van der Waals surface area contributed by atoms with Crippen molar-refractivity contribution in [3.63, 3.8) is 0 Å². The summed E-state index contributed by atoms with van der Waals surface area (Å²) in [5.41, 5.74) is 1.12. The van der Waals surface area contributed by atoms with Crippen molar-refractivity contribution in [1.29, 1.82) is 0 Å². The number of rotatable bonds is 9. The van der Waals surface area contributed by atoms with E-state index >= 15 is 0 Å². The van der Waals surface area contributed by atoms with Gasteiger partial charge in [-0.15, -0.1) is 0 Å². The molecular weight excluding hydrogens is 346 g/mol. The normalized spacial score (nSPS) is 10.8. The smallest absolute Gasteiger partial charge is 0.222 e. The summed E-state index contributed by atoms with van der Waals surface area (Å²) < 4.78 is 11.2. The van der Waals surface area contributed by atoms with Gasteiger partial charge in [0.25, 0.3) is 0 Å². The number of carbonyl (C=O) groups is 1. The zero-order chi connectivity index (χ0) is 16.5. The van der Waals surface area contributed by atoms with Crippen LogP contribution in [-0.4, -0.2) is 44.7 Å². The monoisotopic (exact) mass is 371 g/mol. The van der Waals surface area contributed by atoms with E-state index in [9.17, 15) is 4.79 Å². The van der Waals surface area contributed by atoms with Crippen LogP contribution in [0.1, 0.15) is 25.8 Å². The molecule has 0 fully saturated rings. The van der Waals surface area contributed by atoms with Crippen molar-refractivity contribution in [3.8, 4) is 5.75 Å². The standard InChI is InChI=1S/C17H26BrNO3/c1-13(2)12-19(9-10-21-3)17(20)8-6-14-5-7-16(22-4)15(18)11-14/h5,7,11,13H,6,8-10,12H2,1-4H3. The first kappa shape index (κ1) is 19.0. The zero-order valence-corrected chi connectivity index (χ0v) is 15.5. The Kier molecular flexibility index (Phi) is 8.49. The number of halogens is 1. The lowest BCUT2D eigenvalue weighted by Crippen LogP contribution is -2.36. The van der Waals surface area contributed by atoms with Gasteiger partial charge in [-0.3, -0.25) is 4.79 Å². The fourth-order valence-corrected chi connectivity index (χ4v) is 2.82. The summed E-state index contributed by atoms with van der Waals surface area (Å²) in [6.45, 7) is 6.24. The molecule has 1 rings (SSSR count). The number of ether oxygens (including phenoxy) is 2. The minimum absolute atomic E-state index is 0.178. The van der Waals surface area contributed by atoms with Crippen LogP contribution < -0.4 is 4.74 Å². The van der Waals surface area contributed by atoms with Gasteiger partial charge in [-0.1, -0.05) is 19.9 Å². The molecule has 0 saturated heterocycles. The molecule has 0 aliphatic carbocycles. The molecule has 0 heterocycles. The number of nitrogens with zero attached hydrogens (tertiary/aromatic N) is 1. The summed E-state index contributed by atoms with van der Waals surface area (Å²) in [5, 5.41) is 0. The first-order chi connectivity index (χ1) is 10.5. The topological polar surface area (TPSA) is 38.8 Å². The van der Waals surface area contributed by atoms with Gasteiger partial charge in [0.15, 0.2) is 0 Å². The average molecular weight is 372 g/mol. The molecule has 1 aromatic carbocycles. The van der Waals surface area contributed by atoms with Crippen LogP contribution in [0.25, 0.3) is 0 Å². The number of amides is 1. The first-order valence-corrected chi connectivity index (χ1v) is 8.36. The second-order valence-electron chi connectivity index (χ2n) is 5.70. The fraction of sp³-hybridized carbons (Fsp3) is 0.588. The lowest BCUT2D eigenvalue weighted by Gasteiger charge is -2.24. The van der Waals surface area contributed by atoms with Gasteiger partial charge in [0.2, 0.25) is 5.91 Å². The Bertz CT molecular complexity index is 477. The summed E-state index contributed by atoms with van der Waals surface area (Å²) in [6.07, 6.45) is 1.23. The summed E-state index contributed by atoms with van der Waals surface area (Å²) >= 11 is 3.47. The molecule has 0 N–H and O–H groups in total. The minimum Gasteiger partial charge on any atom is -0.496 e. The van der Waals surface area contributed by atoms with Crippen LogP contribution in [0.3, 0.4) is 0 Å². The van der Waals surface area contributed by atoms with Crippen molar-refractivity contribution in [2.75, 3.05) is 33.9 Å². The van der Waals surface area contributed by atoms with Crippen molar-refractivity contribution < 1.29 is 14.3 Å². The predicted molar refractivity (Wildman–Crippen MR) is 92.3 cm³/mol. The van der Waals surface area contributed by atoms with E-state index in [1.54, 1.807) is 14.2 Å². The number of methoxy groups -OCH3 is 2. The third-order valence-electron chi connectivity index (χ3n) is 3.35. The predicted octanol–water partition coefficient (Wildman–Crippen LogP) is 3.52. The third-order valence-corrected chi connectivity index (χ3v) is 3.97. The van der Waals surface area contributed by atoms with E-state index in [-0.39, 0.29) is 5.91 Å². The number of benzene rings is 1. The summed E-state index contributed by atoms with van der Waals surface area (Å²) in [6, 6.07) is 5.92. The highest BCUT2D eigenvalue weighted by Gasteiger charge is 2.14. The second kappa shape index (κ2) is 9.85. The lowest BCUT2D eigenvalue weighted by atomic mass is 10.1. The van der Waals surface area contributed by atoms with Crippen LogP contribution in [0.2, 0.25) is 0 Å². The lowest BCUT2D eigenvalue weighted by molar-refractivity contribution is -0.132. The molecule has 0 unspecified atom stereocenters. The average Bonchev–Trinajstić information content (AvgIpc) is 2.48. The molecule has 0 aromatic heterocycles. The van der Waals surface area contributed by atoms with Crippen LogP contribution in [0.15, 0.2) is 22.7 Å². The maximum atomic E-state index is 12.4. The van der Waals surface area contributed by atoms with E-state index in [0.717, 1.165) is 28.8 Å². The van der Waals surface area contributed by atoms with E-state index in [4.69, 9.17) is 9.47 Å². The van der Waals surface area contributed by atoms with Crippen LogP contribution in [0, 0.1) is 5.92 Å². The van der Waals surface area contributed by atoms with Crippen molar-refractivity contribution in [2.24, 2.45) is 5.92 Å². The summed E-state index contributed by atoms with van der Waals surface area (Å²) in [7, 11) is 3.30. The van der Waals surface area contributed by atoms with Crippen LogP contribution in [0.4, 0.5) is 0 Å². The molecular formula is C17H26BrNO3. The van der Waals surface area contributed by atoms with Gasteiger partial charge in [-0.05, 0) is 46.0 Å². The Morgan fingerprint density at radius 2 is 2.05 bits per heavy atom. The number of carbonyl (C=O) groups excluding carboxylic acids is 1. The summed E-state index contributed by atoms with van der Waals surface area (Å²) in [4.78, 5) is 14.3. The van der Waals surface area contributed by atoms with Crippen LogP contribution in [-0.2, 0) is 16.0 Å². The zero-order valence-electron chi connectivity index (χ0n) is 13.9. The molecule has 5 heteroatoms. The van der Waals surface area contributed by atoms with E-state index in [0.29, 0.717) is 25.5 Å². The second-order valence-corrected chi connectivity index (χ2v) is 6.55. The minimum atomic E-state index is 0.178. The van der Waals surface area contributed by atoms with E-state index < -0.39 is 0 Å². The SMILES string of the molecule is COCCN(CC(C)C)C(=O)CCc1ccc(OC)c(Br)c1. The number of hydrogen-bond acceptors (Lipinski definition) is 3. The Balaban J connectivity index is 2.59. The van der Waals surface area contributed by atoms with Gasteiger partial charge < -0.3 is 14.4 Å². The number of hydrogen-bond donors (Lipinski definition) is 0. The van der Waals surface area contributed by atoms with Gasteiger partial charge in [0.1, 0.15) is 5.75 Å². The highest BCUT2D eigenvalue weighted by atomic mass is 79.9. The van der Waals surface area contributed by atoms with Gasteiger partial charge >= 0.3 is 0 Å². The van der Waals surface area contributed by atoms with Crippen LogP contribution in [0.5, 0.6) is 5.75 Å². The molecule has 0 saturated carbocycles. The van der Waals surface area contributed by atoms with Gasteiger partial charge in [0, 0.05) is 26.6 Å². The molecule has 0 bridgehead atoms. The van der Waals surface area contributed by atoms with Gasteiger partial charge in [-0.25, -0.2) is 0 Å². The quantitative estimate of drug-likeness (QED) is 0.666. The number of aryl methyl sites for hydroxylation is 1.